The van der Waals surface area contributed by atoms with Crippen molar-refractivity contribution in [2.45, 2.75) is 26.7 Å². The van der Waals surface area contributed by atoms with E-state index in [0.717, 1.165) is 11.3 Å². The van der Waals surface area contributed by atoms with E-state index in [1.54, 1.807) is 24.1 Å². The van der Waals surface area contributed by atoms with Crippen LogP contribution in [0.1, 0.15) is 24.0 Å². The van der Waals surface area contributed by atoms with Gasteiger partial charge in [-0.2, -0.15) is 0 Å². The number of carbonyl (C=O) groups is 2. The standard InChI is InChI=1S/C22H27N3O3/c1-15-8-9-18(16(2)14-15)23-21(26)17-10-12-25(13-11-17)22(27)24-19-6-4-5-7-20(19)28-3/h4-9,14,17H,10-13H2,1-3H3,(H,23,26)(H,24,27). The van der Waals surface area contributed by atoms with Crippen LogP contribution in [0.2, 0.25) is 0 Å². The zero-order chi connectivity index (χ0) is 20.1. The lowest BCUT2D eigenvalue weighted by Gasteiger charge is -2.31. The van der Waals surface area contributed by atoms with E-state index in [4.69, 9.17) is 4.74 Å². The summed E-state index contributed by atoms with van der Waals surface area (Å²) in [4.78, 5) is 26.9. The van der Waals surface area contributed by atoms with Crippen molar-refractivity contribution >= 4 is 23.3 Å². The summed E-state index contributed by atoms with van der Waals surface area (Å²) in [5.41, 5.74) is 3.73. The van der Waals surface area contributed by atoms with Gasteiger partial charge in [0, 0.05) is 24.7 Å². The van der Waals surface area contributed by atoms with E-state index in [1.807, 2.05) is 38.1 Å². The molecule has 6 nitrogen and oxygen atoms in total. The highest BCUT2D eigenvalue weighted by molar-refractivity contribution is 5.94. The van der Waals surface area contributed by atoms with Crippen LogP contribution in [0.5, 0.6) is 5.75 Å². The molecule has 148 valence electrons. The topological polar surface area (TPSA) is 70.7 Å². The number of anilines is 2. The average molecular weight is 381 g/mol. The fourth-order valence-corrected chi connectivity index (χ4v) is 3.48. The van der Waals surface area contributed by atoms with Crippen LogP contribution in [0, 0.1) is 19.8 Å². The third-order valence-corrected chi connectivity index (χ3v) is 5.14. The van der Waals surface area contributed by atoms with Crippen molar-refractivity contribution in [3.8, 4) is 5.75 Å². The monoisotopic (exact) mass is 381 g/mol. The van der Waals surface area contributed by atoms with Crippen molar-refractivity contribution in [2.24, 2.45) is 5.92 Å². The molecule has 0 aromatic heterocycles. The summed E-state index contributed by atoms with van der Waals surface area (Å²) in [5.74, 6) is 0.561. The smallest absolute Gasteiger partial charge is 0.321 e. The molecule has 0 saturated carbocycles. The summed E-state index contributed by atoms with van der Waals surface area (Å²) >= 11 is 0. The Balaban J connectivity index is 1.53. The Morgan fingerprint density at radius 1 is 1.00 bits per heavy atom. The summed E-state index contributed by atoms with van der Waals surface area (Å²) in [6.45, 7) is 5.12. The number of nitrogens with one attached hydrogen (secondary N) is 2. The number of carbonyl (C=O) groups excluding carboxylic acids is 2. The lowest BCUT2D eigenvalue weighted by atomic mass is 9.95. The minimum absolute atomic E-state index is 0.0248. The third kappa shape index (κ3) is 4.63. The molecule has 0 unspecified atom stereocenters. The van der Waals surface area contributed by atoms with E-state index in [-0.39, 0.29) is 17.9 Å². The number of methoxy groups -OCH3 is 1. The summed E-state index contributed by atoms with van der Waals surface area (Å²) in [7, 11) is 1.57. The first-order valence-corrected chi connectivity index (χ1v) is 9.55. The van der Waals surface area contributed by atoms with E-state index >= 15 is 0 Å². The summed E-state index contributed by atoms with van der Waals surface area (Å²) in [5, 5.41) is 5.92. The number of hydrogen-bond donors (Lipinski definition) is 2. The van der Waals surface area contributed by atoms with Crippen LogP contribution in [-0.4, -0.2) is 37.0 Å². The molecule has 0 aliphatic carbocycles. The Hall–Kier alpha value is -3.02. The SMILES string of the molecule is COc1ccccc1NC(=O)N1CCC(C(=O)Nc2ccc(C)cc2C)CC1. The van der Waals surface area contributed by atoms with Gasteiger partial charge in [-0.3, -0.25) is 4.79 Å². The van der Waals surface area contributed by atoms with Gasteiger partial charge in [0.2, 0.25) is 5.91 Å². The van der Waals surface area contributed by atoms with Crippen LogP contribution in [0.4, 0.5) is 16.2 Å². The van der Waals surface area contributed by atoms with Gasteiger partial charge < -0.3 is 20.3 Å². The number of likely N-dealkylation sites (tertiary alicyclic amines) is 1. The highest BCUT2D eigenvalue weighted by Gasteiger charge is 2.28. The van der Waals surface area contributed by atoms with Crippen LogP contribution >= 0.6 is 0 Å². The van der Waals surface area contributed by atoms with Gasteiger partial charge in [-0.05, 0) is 50.5 Å². The molecule has 1 fully saturated rings. The maximum absolute atomic E-state index is 12.6. The average Bonchev–Trinajstić information content (AvgIpc) is 2.70. The van der Waals surface area contributed by atoms with Gasteiger partial charge in [0.1, 0.15) is 5.75 Å². The van der Waals surface area contributed by atoms with E-state index in [1.165, 1.54) is 5.56 Å². The van der Waals surface area contributed by atoms with Crippen LogP contribution in [0.25, 0.3) is 0 Å². The molecule has 0 spiro atoms. The highest BCUT2D eigenvalue weighted by atomic mass is 16.5. The molecule has 2 N–H and O–H groups in total. The fourth-order valence-electron chi connectivity index (χ4n) is 3.48. The Kier molecular flexibility index (Phi) is 6.19. The van der Waals surface area contributed by atoms with Gasteiger partial charge in [0.25, 0.3) is 0 Å². The van der Waals surface area contributed by atoms with Crippen molar-refractivity contribution in [3.63, 3.8) is 0 Å². The Morgan fingerprint density at radius 3 is 2.39 bits per heavy atom. The van der Waals surface area contributed by atoms with Gasteiger partial charge >= 0.3 is 6.03 Å². The summed E-state index contributed by atoms with van der Waals surface area (Å²) in [6, 6.07) is 13.1. The summed E-state index contributed by atoms with van der Waals surface area (Å²) in [6.07, 6.45) is 1.30. The number of hydrogen-bond acceptors (Lipinski definition) is 3. The first-order valence-electron chi connectivity index (χ1n) is 9.55. The molecule has 2 aromatic rings. The predicted octanol–water partition coefficient (Wildman–Crippen LogP) is 4.19. The first kappa shape index (κ1) is 19.7. The van der Waals surface area contributed by atoms with E-state index in [9.17, 15) is 9.59 Å². The van der Waals surface area contributed by atoms with Crippen LogP contribution in [-0.2, 0) is 4.79 Å². The molecule has 2 aromatic carbocycles. The molecule has 0 atom stereocenters. The molecular weight excluding hydrogens is 354 g/mol. The minimum Gasteiger partial charge on any atom is -0.495 e. The van der Waals surface area contributed by atoms with Crippen molar-refractivity contribution in [3.05, 3.63) is 53.6 Å². The second-order valence-corrected chi connectivity index (χ2v) is 7.20. The number of urea groups is 1. The number of rotatable bonds is 4. The largest absolute Gasteiger partial charge is 0.495 e. The van der Waals surface area contributed by atoms with Gasteiger partial charge in [0.15, 0.2) is 0 Å². The highest BCUT2D eigenvalue weighted by Crippen LogP contribution is 2.25. The van der Waals surface area contributed by atoms with E-state index in [0.29, 0.717) is 37.4 Å². The number of ether oxygens (including phenoxy) is 1. The van der Waals surface area contributed by atoms with Gasteiger partial charge in [0.05, 0.1) is 12.8 Å². The lowest BCUT2D eigenvalue weighted by molar-refractivity contribution is -0.121. The van der Waals surface area contributed by atoms with Gasteiger partial charge in [-0.15, -0.1) is 0 Å². The van der Waals surface area contributed by atoms with Crippen LogP contribution < -0.4 is 15.4 Å². The maximum Gasteiger partial charge on any atom is 0.321 e. The van der Waals surface area contributed by atoms with Gasteiger partial charge in [-0.1, -0.05) is 29.8 Å². The fraction of sp³-hybridized carbons (Fsp3) is 0.364. The zero-order valence-electron chi connectivity index (χ0n) is 16.6. The molecule has 28 heavy (non-hydrogen) atoms. The van der Waals surface area contributed by atoms with Crippen molar-refractivity contribution in [1.29, 1.82) is 0 Å². The molecule has 3 amide bonds. The van der Waals surface area contributed by atoms with E-state index in [2.05, 4.69) is 16.7 Å². The molecule has 0 radical (unpaired) electrons. The molecule has 1 saturated heterocycles. The molecule has 0 bridgehead atoms. The number of amides is 3. The van der Waals surface area contributed by atoms with Crippen molar-refractivity contribution in [2.75, 3.05) is 30.8 Å². The molecule has 1 aliphatic rings. The Morgan fingerprint density at radius 2 is 1.71 bits per heavy atom. The van der Waals surface area contributed by atoms with E-state index < -0.39 is 0 Å². The molecular formula is C22H27N3O3. The minimum atomic E-state index is -0.169. The third-order valence-electron chi connectivity index (χ3n) is 5.14. The second kappa shape index (κ2) is 8.78. The van der Waals surface area contributed by atoms with Crippen molar-refractivity contribution in [1.82, 2.24) is 4.90 Å². The Labute approximate surface area is 165 Å². The summed E-state index contributed by atoms with van der Waals surface area (Å²) < 4.78 is 5.27. The number of piperidine rings is 1. The second-order valence-electron chi connectivity index (χ2n) is 7.20. The molecule has 3 rings (SSSR count). The molecule has 6 heteroatoms. The molecule has 1 aliphatic heterocycles. The van der Waals surface area contributed by atoms with Crippen LogP contribution in [0.3, 0.4) is 0 Å². The number of aryl methyl sites for hydroxylation is 2. The Bertz CT molecular complexity index is 858. The normalized spacial score (nSPS) is 14.5. The lowest BCUT2D eigenvalue weighted by Crippen LogP contribution is -2.43. The zero-order valence-corrected chi connectivity index (χ0v) is 16.6. The molecule has 1 heterocycles. The number of benzene rings is 2. The number of nitrogens with zero attached hydrogens (tertiary/aromatic N) is 1. The predicted molar refractivity (Wildman–Crippen MR) is 111 cm³/mol. The van der Waals surface area contributed by atoms with Crippen LogP contribution in [0.15, 0.2) is 42.5 Å². The van der Waals surface area contributed by atoms with Crippen molar-refractivity contribution < 1.29 is 14.3 Å². The number of para-hydroxylation sites is 2. The first-order chi connectivity index (χ1) is 13.5. The maximum atomic E-state index is 12.6. The van der Waals surface area contributed by atoms with Gasteiger partial charge in [-0.25, -0.2) is 4.79 Å². The quantitative estimate of drug-likeness (QED) is 0.834.